The van der Waals surface area contributed by atoms with Crippen LogP contribution in [-0.4, -0.2) is 57.1 Å². The molecule has 0 atom stereocenters. The Morgan fingerprint density at radius 1 is 1.21 bits per heavy atom. The molecule has 0 unspecified atom stereocenters. The van der Waals surface area contributed by atoms with Gasteiger partial charge in [-0.25, -0.2) is 0 Å². The molecule has 132 valence electrons. The van der Waals surface area contributed by atoms with E-state index in [4.69, 9.17) is 4.74 Å². The zero-order valence-corrected chi connectivity index (χ0v) is 14.5. The quantitative estimate of drug-likeness (QED) is 0.788. The Bertz CT molecular complexity index is 537. The van der Waals surface area contributed by atoms with Gasteiger partial charge in [-0.1, -0.05) is 0 Å². The molecule has 1 fully saturated rings. The number of methoxy groups -OCH3 is 1. The molecule has 1 aromatic carbocycles. The average molecular weight is 333 g/mol. The number of rotatable bonds is 7. The van der Waals surface area contributed by atoms with E-state index in [1.54, 1.807) is 31.4 Å². The lowest BCUT2D eigenvalue weighted by atomic mass is 9.93. The number of hydrogen-bond acceptors (Lipinski definition) is 4. The van der Waals surface area contributed by atoms with Gasteiger partial charge in [-0.05, 0) is 63.0 Å². The van der Waals surface area contributed by atoms with Crippen LogP contribution in [0.2, 0.25) is 0 Å². The topological polar surface area (TPSA) is 70.7 Å². The Labute approximate surface area is 143 Å². The summed E-state index contributed by atoms with van der Waals surface area (Å²) >= 11 is 0. The van der Waals surface area contributed by atoms with Crippen LogP contribution in [-0.2, 0) is 4.79 Å². The van der Waals surface area contributed by atoms with Gasteiger partial charge in [0, 0.05) is 18.7 Å². The van der Waals surface area contributed by atoms with E-state index in [-0.39, 0.29) is 18.4 Å². The van der Waals surface area contributed by atoms with E-state index in [1.807, 2.05) is 11.9 Å². The number of piperidine rings is 1. The fourth-order valence-corrected chi connectivity index (χ4v) is 2.93. The highest BCUT2D eigenvalue weighted by atomic mass is 16.5. The molecule has 1 heterocycles. The molecule has 2 rings (SSSR count). The lowest BCUT2D eigenvalue weighted by Gasteiger charge is -2.32. The van der Waals surface area contributed by atoms with Crippen LogP contribution in [0.15, 0.2) is 24.3 Å². The van der Waals surface area contributed by atoms with E-state index in [2.05, 4.69) is 10.6 Å². The Morgan fingerprint density at radius 2 is 1.88 bits per heavy atom. The first kappa shape index (κ1) is 18.3. The predicted octanol–water partition coefficient (Wildman–Crippen LogP) is 1.27. The summed E-state index contributed by atoms with van der Waals surface area (Å²) in [6, 6.07) is 6.83. The minimum atomic E-state index is -0.241. The highest BCUT2D eigenvalue weighted by molar-refractivity contribution is 5.96. The predicted molar refractivity (Wildman–Crippen MR) is 93.2 cm³/mol. The number of benzene rings is 1. The number of amides is 2. The summed E-state index contributed by atoms with van der Waals surface area (Å²) in [6.45, 7) is 2.64. The highest BCUT2D eigenvalue weighted by Gasteiger charge is 2.22. The second kappa shape index (κ2) is 9.27. The number of ether oxygens (including phenoxy) is 1. The SMILES string of the molecule is CNCCC1CCN(C(=O)CNC(=O)c2ccc(OC)cc2)CC1. The van der Waals surface area contributed by atoms with Crippen molar-refractivity contribution in [3.05, 3.63) is 29.8 Å². The monoisotopic (exact) mass is 333 g/mol. The summed E-state index contributed by atoms with van der Waals surface area (Å²) in [5.74, 6) is 1.14. The fraction of sp³-hybridized carbons (Fsp3) is 0.556. The van der Waals surface area contributed by atoms with Crippen LogP contribution in [0, 0.1) is 5.92 Å². The first-order chi connectivity index (χ1) is 11.6. The molecular formula is C18H27N3O3. The van der Waals surface area contributed by atoms with E-state index in [0.29, 0.717) is 17.2 Å². The molecule has 0 aliphatic carbocycles. The average Bonchev–Trinajstić information content (AvgIpc) is 2.64. The molecular weight excluding hydrogens is 306 g/mol. The third-order valence-electron chi connectivity index (χ3n) is 4.52. The third-order valence-corrected chi connectivity index (χ3v) is 4.52. The Hall–Kier alpha value is -2.08. The first-order valence-corrected chi connectivity index (χ1v) is 8.48. The summed E-state index contributed by atoms with van der Waals surface area (Å²) < 4.78 is 5.06. The molecule has 0 bridgehead atoms. The lowest BCUT2D eigenvalue weighted by Crippen LogP contribution is -2.44. The van der Waals surface area contributed by atoms with Gasteiger partial charge in [-0.15, -0.1) is 0 Å². The van der Waals surface area contributed by atoms with Crippen LogP contribution in [0.1, 0.15) is 29.6 Å². The van der Waals surface area contributed by atoms with Crippen LogP contribution in [0.25, 0.3) is 0 Å². The van der Waals surface area contributed by atoms with Crippen molar-refractivity contribution >= 4 is 11.8 Å². The number of nitrogens with one attached hydrogen (secondary N) is 2. The van der Waals surface area contributed by atoms with Crippen LogP contribution < -0.4 is 15.4 Å². The number of carbonyl (C=O) groups excluding carboxylic acids is 2. The van der Waals surface area contributed by atoms with E-state index in [1.165, 1.54) is 0 Å². The molecule has 0 spiro atoms. The number of carbonyl (C=O) groups is 2. The van der Waals surface area contributed by atoms with Gasteiger partial charge >= 0.3 is 0 Å². The van der Waals surface area contributed by atoms with Gasteiger partial charge in [0.25, 0.3) is 5.91 Å². The van der Waals surface area contributed by atoms with Crippen LogP contribution in [0.3, 0.4) is 0 Å². The van der Waals surface area contributed by atoms with Gasteiger partial charge in [-0.2, -0.15) is 0 Å². The van der Waals surface area contributed by atoms with Gasteiger partial charge in [0.2, 0.25) is 5.91 Å². The van der Waals surface area contributed by atoms with Gasteiger partial charge in [0.05, 0.1) is 13.7 Å². The molecule has 0 radical (unpaired) electrons. The van der Waals surface area contributed by atoms with Crippen molar-refractivity contribution in [2.75, 3.05) is 40.3 Å². The summed E-state index contributed by atoms with van der Waals surface area (Å²) in [5, 5.41) is 5.87. The third kappa shape index (κ3) is 5.23. The minimum absolute atomic E-state index is 0.0103. The maximum atomic E-state index is 12.2. The van der Waals surface area contributed by atoms with Crippen molar-refractivity contribution in [1.82, 2.24) is 15.5 Å². The molecule has 24 heavy (non-hydrogen) atoms. The molecule has 1 saturated heterocycles. The van der Waals surface area contributed by atoms with Gasteiger partial charge in [0.15, 0.2) is 0 Å². The maximum Gasteiger partial charge on any atom is 0.251 e. The number of nitrogens with zero attached hydrogens (tertiary/aromatic N) is 1. The van der Waals surface area contributed by atoms with Crippen molar-refractivity contribution in [2.45, 2.75) is 19.3 Å². The molecule has 1 aromatic rings. The number of hydrogen-bond donors (Lipinski definition) is 2. The van der Waals surface area contributed by atoms with E-state index in [0.717, 1.165) is 38.9 Å². The van der Waals surface area contributed by atoms with Crippen molar-refractivity contribution in [3.8, 4) is 5.75 Å². The van der Waals surface area contributed by atoms with Crippen molar-refractivity contribution in [2.24, 2.45) is 5.92 Å². The van der Waals surface area contributed by atoms with E-state index in [9.17, 15) is 9.59 Å². The summed E-state index contributed by atoms with van der Waals surface area (Å²) in [4.78, 5) is 26.2. The molecule has 6 nitrogen and oxygen atoms in total. The van der Waals surface area contributed by atoms with E-state index < -0.39 is 0 Å². The van der Waals surface area contributed by atoms with Gasteiger partial charge < -0.3 is 20.3 Å². The normalized spacial score (nSPS) is 15.2. The maximum absolute atomic E-state index is 12.2. The highest BCUT2D eigenvalue weighted by Crippen LogP contribution is 2.19. The molecule has 2 N–H and O–H groups in total. The van der Waals surface area contributed by atoms with E-state index >= 15 is 0 Å². The standard InChI is InChI=1S/C18H27N3O3/c1-19-10-7-14-8-11-21(12-9-14)17(22)13-20-18(23)15-3-5-16(24-2)6-4-15/h3-6,14,19H,7-13H2,1-2H3,(H,20,23). The largest absolute Gasteiger partial charge is 0.497 e. The number of likely N-dealkylation sites (tertiary alicyclic amines) is 1. The Kier molecular flexibility index (Phi) is 7.06. The molecule has 1 aliphatic heterocycles. The zero-order chi connectivity index (χ0) is 17.4. The van der Waals surface area contributed by atoms with Crippen molar-refractivity contribution in [3.63, 3.8) is 0 Å². The van der Waals surface area contributed by atoms with Gasteiger partial charge in [0.1, 0.15) is 5.75 Å². The lowest BCUT2D eigenvalue weighted by molar-refractivity contribution is -0.131. The van der Waals surface area contributed by atoms with Crippen molar-refractivity contribution in [1.29, 1.82) is 0 Å². The Balaban J connectivity index is 1.73. The first-order valence-electron chi connectivity index (χ1n) is 8.48. The molecule has 2 amide bonds. The zero-order valence-electron chi connectivity index (χ0n) is 14.5. The molecule has 6 heteroatoms. The summed E-state index contributed by atoms with van der Waals surface area (Å²) in [7, 11) is 3.54. The molecule has 0 aromatic heterocycles. The second-order valence-corrected chi connectivity index (χ2v) is 6.13. The minimum Gasteiger partial charge on any atom is -0.497 e. The molecule has 0 saturated carbocycles. The molecule has 1 aliphatic rings. The fourth-order valence-electron chi connectivity index (χ4n) is 2.93. The smallest absolute Gasteiger partial charge is 0.251 e. The summed E-state index contributed by atoms with van der Waals surface area (Å²) in [6.07, 6.45) is 3.24. The summed E-state index contributed by atoms with van der Waals surface area (Å²) in [5.41, 5.74) is 0.523. The van der Waals surface area contributed by atoms with Crippen molar-refractivity contribution < 1.29 is 14.3 Å². The Morgan fingerprint density at radius 3 is 2.46 bits per heavy atom. The van der Waals surface area contributed by atoms with Gasteiger partial charge in [-0.3, -0.25) is 9.59 Å². The van der Waals surface area contributed by atoms with Crippen LogP contribution in [0.5, 0.6) is 5.75 Å². The second-order valence-electron chi connectivity index (χ2n) is 6.13. The van der Waals surface area contributed by atoms with Crippen LogP contribution >= 0.6 is 0 Å². The van der Waals surface area contributed by atoms with Crippen LogP contribution in [0.4, 0.5) is 0 Å².